The second-order valence-electron chi connectivity index (χ2n) is 5.67. The summed E-state index contributed by atoms with van der Waals surface area (Å²) < 4.78 is 15.7. The van der Waals surface area contributed by atoms with Crippen molar-refractivity contribution in [3.8, 4) is 11.5 Å². The quantitative estimate of drug-likeness (QED) is 0.604. The fraction of sp³-hybridized carbons (Fsp3) is 0.143. The van der Waals surface area contributed by atoms with Crippen LogP contribution in [0.5, 0.6) is 11.5 Å². The first-order valence-electron chi connectivity index (χ1n) is 8.09. The number of aryl methyl sites for hydroxylation is 1. The van der Waals surface area contributed by atoms with Crippen molar-refractivity contribution >= 4 is 24.0 Å². The van der Waals surface area contributed by atoms with E-state index < -0.39 is 5.97 Å². The number of aliphatic imine (C=N–C) groups is 1. The van der Waals surface area contributed by atoms with Crippen molar-refractivity contribution in [2.45, 2.75) is 6.92 Å². The van der Waals surface area contributed by atoms with Gasteiger partial charge in [-0.05, 0) is 47.9 Å². The van der Waals surface area contributed by atoms with Gasteiger partial charge in [0, 0.05) is 6.08 Å². The average molecular weight is 349 g/mol. The number of ether oxygens (including phenoxy) is 3. The molecule has 5 nitrogen and oxygen atoms in total. The molecule has 5 heteroatoms. The Morgan fingerprint density at radius 3 is 2.50 bits per heavy atom. The van der Waals surface area contributed by atoms with Crippen LogP contribution in [-0.2, 0) is 9.53 Å². The summed E-state index contributed by atoms with van der Waals surface area (Å²) >= 11 is 0. The molecular formula is C21H19NO4. The van der Waals surface area contributed by atoms with Crippen LogP contribution < -0.4 is 9.47 Å². The molecule has 0 amide bonds. The van der Waals surface area contributed by atoms with Crippen LogP contribution in [0.1, 0.15) is 16.7 Å². The maximum Gasteiger partial charge on any atom is 0.363 e. The van der Waals surface area contributed by atoms with E-state index in [1.807, 2.05) is 43.3 Å². The summed E-state index contributed by atoms with van der Waals surface area (Å²) in [7, 11) is 3.13. The second-order valence-corrected chi connectivity index (χ2v) is 5.67. The van der Waals surface area contributed by atoms with E-state index in [1.165, 1.54) is 0 Å². The zero-order chi connectivity index (χ0) is 18.5. The van der Waals surface area contributed by atoms with Gasteiger partial charge in [0.2, 0.25) is 5.90 Å². The first-order valence-corrected chi connectivity index (χ1v) is 8.09. The number of rotatable bonds is 5. The normalized spacial score (nSPS) is 15.3. The van der Waals surface area contributed by atoms with Gasteiger partial charge in [-0.15, -0.1) is 0 Å². The third-order valence-corrected chi connectivity index (χ3v) is 3.94. The van der Waals surface area contributed by atoms with Crippen LogP contribution in [0.25, 0.3) is 12.2 Å². The van der Waals surface area contributed by atoms with Crippen LogP contribution in [0.15, 0.2) is 59.2 Å². The van der Waals surface area contributed by atoms with Crippen molar-refractivity contribution in [1.29, 1.82) is 0 Å². The molecule has 0 saturated heterocycles. The molecule has 0 fully saturated rings. The van der Waals surface area contributed by atoms with Gasteiger partial charge < -0.3 is 14.2 Å². The van der Waals surface area contributed by atoms with E-state index in [4.69, 9.17) is 14.2 Å². The molecule has 26 heavy (non-hydrogen) atoms. The highest BCUT2D eigenvalue weighted by molar-refractivity contribution is 6.11. The molecule has 0 aliphatic carbocycles. The number of cyclic esters (lactones) is 1. The molecule has 0 N–H and O–H groups in total. The van der Waals surface area contributed by atoms with Gasteiger partial charge in [-0.25, -0.2) is 9.79 Å². The SMILES string of the molecule is COc1ccc(/C=C2N=C(/C=C/c3ccccc3C)OC/2=O)cc1OC. The molecule has 2 aromatic carbocycles. The molecule has 2 aromatic rings. The van der Waals surface area contributed by atoms with E-state index in [2.05, 4.69) is 4.99 Å². The number of esters is 1. The largest absolute Gasteiger partial charge is 0.493 e. The standard InChI is InChI=1S/C21H19NO4/c1-14-6-4-5-7-16(14)9-11-20-22-17(21(23)26-20)12-15-8-10-18(24-2)19(13-15)25-3/h4-13H,1-3H3/b11-9+,17-12+. The van der Waals surface area contributed by atoms with Crippen molar-refractivity contribution < 1.29 is 19.0 Å². The molecule has 0 atom stereocenters. The summed E-state index contributed by atoms with van der Waals surface area (Å²) in [5.74, 6) is 0.986. The lowest BCUT2D eigenvalue weighted by Gasteiger charge is -2.07. The lowest BCUT2D eigenvalue weighted by Crippen LogP contribution is -2.01. The van der Waals surface area contributed by atoms with Gasteiger partial charge in [0.1, 0.15) is 0 Å². The Labute approximate surface area is 152 Å². The van der Waals surface area contributed by atoms with E-state index >= 15 is 0 Å². The van der Waals surface area contributed by atoms with Crippen LogP contribution in [0.4, 0.5) is 0 Å². The molecule has 0 unspecified atom stereocenters. The van der Waals surface area contributed by atoms with E-state index in [1.54, 1.807) is 38.5 Å². The molecule has 1 aliphatic rings. The van der Waals surface area contributed by atoms with Crippen LogP contribution in [0.3, 0.4) is 0 Å². The predicted octanol–water partition coefficient (Wildman–Crippen LogP) is 4.02. The summed E-state index contributed by atoms with van der Waals surface area (Å²) in [6.07, 6.45) is 5.22. The fourth-order valence-corrected chi connectivity index (χ4v) is 2.53. The van der Waals surface area contributed by atoms with Gasteiger partial charge in [-0.3, -0.25) is 0 Å². The second kappa shape index (κ2) is 7.70. The molecule has 0 spiro atoms. The topological polar surface area (TPSA) is 57.1 Å². The average Bonchev–Trinajstić information content (AvgIpc) is 3.00. The smallest absolute Gasteiger partial charge is 0.363 e. The molecule has 1 heterocycles. The van der Waals surface area contributed by atoms with Crippen molar-refractivity contribution in [3.63, 3.8) is 0 Å². The van der Waals surface area contributed by atoms with Gasteiger partial charge in [0.05, 0.1) is 14.2 Å². The Morgan fingerprint density at radius 2 is 1.77 bits per heavy atom. The van der Waals surface area contributed by atoms with Gasteiger partial charge in [-0.1, -0.05) is 30.3 Å². The number of benzene rings is 2. The molecule has 0 radical (unpaired) electrons. The van der Waals surface area contributed by atoms with Crippen LogP contribution in [0.2, 0.25) is 0 Å². The third kappa shape index (κ3) is 3.83. The zero-order valence-electron chi connectivity index (χ0n) is 14.9. The van der Waals surface area contributed by atoms with E-state index in [0.29, 0.717) is 11.5 Å². The van der Waals surface area contributed by atoms with Crippen LogP contribution in [-0.4, -0.2) is 26.1 Å². The van der Waals surface area contributed by atoms with Crippen LogP contribution >= 0.6 is 0 Å². The summed E-state index contributed by atoms with van der Waals surface area (Å²) in [4.78, 5) is 16.3. The van der Waals surface area contributed by atoms with Gasteiger partial charge in [0.25, 0.3) is 0 Å². The minimum absolute atomic E-state index is 0.238. The number of methoxy groups -OCH3 is 2. The van der Waals surface area contributed by atoms with Gasteiger partial charge >= 0.3 is 5.97 Å². The summed E-state index contributed by atoms with van der Waals surface area (Å²) in [5.41, 5.74) is 3.18. The predicted molar refractivity (Wildman–Crippen MR) is 101 cm³/mol. The maximum atomic E-state index is 12.0. The number of carbonyl (C=O) groups excluding carboxylic acids is 1. The molecule has 0 bridgehead atoms. The number of hydrogen-bond donors (Lipinski definition) is 0. The molecule has 1 aliphatic heterocycles. The Hall–Kier alpha value is -3.34. The number of hydrogen-bond acceptors (Lipinski definition) is 5. The van der Waals surface area contributed by atoms with Crippen molar-refractivity contribution in [3.05, 3.63) is 70.9 Å². The Balaban J connectivity index is 1.84. The highest BCUT2D eigenvalue weighted by Gasteiger charge is 2.21. The molecular weight excluding hydrogens is 330 g/mol. The highest BCUT2D eigenvalue weighted by Crippen LogP contribution is 2.29. The fourth-order valence-electron chi connectivity index (χ4n) is 2.53. The summed E-state index contributed by atoms with van der Waals surface area (Å²) in [6.45, 7) is 2.02. The van der Waals surface area contributed by atoms with Crippen LogP contribution in [0, 0.1) is 6.92 Å². The van der Waals surface area contributed by atoms with Gasteiger partial charge in [0.15, 0.2) is 17.2 Å². The van der Waals surface area contributed by atoms with E-state index in [0.717, 1.165) is 16.7 Å². The summed E-state index contributed by atoms with van der Waals surface area (Å²) in [5, 5.41) is 0. The monoisotopic (exact) mass is 349 g/mol. The Kier molecular flexibility index (Phi) is 5.17. The minimum atomic E-state index is -0.482. The lowest BCUT2D eigenvalue weighted by molar-refractivity contribution is -0.129. The lowest BCUT2D eigenvalue weighted by atomic mass is 10.1. The minimum Gasteiger partial charge on any atom is -0.493 e. The van der Waals surface area contributed by atoms with Crippen molar-refractivity contribution in [1.82, 2.24) is 0 Å². The maximum absolute atomic E-state index is 12.0. The summed E-state index contributed by atoms with van der Waals surface area (Å²) in [6, 6.07) is 13.3. The molecule has 0 saturated carbocycles. The highest BCUT2D eigenvalue weighted by atomic mass is 16.6. The number of carbonyl (C=O) groups is 1. The van der Waals surface area contributed by atoms with Gasteiger partial charge in [-0.2, -0.15) is 0 Å². The van der Waals surface area contributed by atoms with E-state index in [-0.39, 0.29) is 11.6 Å². The first kappa shape index (κ1) is 17.5. The Morgan fingerprint density at radius 1 is 1.00 bits per heavy atom. The Bertz CT molecular complexity index is 925. The third-order valence-electron chi connectivity index (χ3n) is 3.94. The van der Waals surface area contributed by atoms with Crippen molar-refractivity contribution in [2.24, 2.45) is 4.99 Å². The first-order chi connectivity index (χ1) is 12.6. The molecule has 3 rings (SSSR count). The zero-order valence-corrected chi connectivity index (χ0v) is 14.9. The molecule has 0 aromatic heterocycles. The van der Waals surface area contributed by atoms with E-state index in [9.17, 15) is 4.79 Å². The number of nitrogens with zero attached hydrogens (tertiary/aromatic N) is 1. The molecule has 132 valence electrons. The van der Waals surface area contributed by atoms with Crippen molar-refractivity contribution in [2.75, 3.05) is 14.2 Å².